The summed E-state index contributed by atoms with van der Waals surface area (Å²) in [5.74, 6) is 0.473. The molecular weight excluding hydrogens is 326 g/mol. The van der Waals surface area contributed by atoms with Gasteiger partial charge in [0.1, 0.15) is 0 Å². The van der Waals surface area contributed by atoms with E-state index in [1.54, 1.807) is 13.0 Å². The van der Waals surface area contributed by atoms with Crippen molar-refractivity contribution in [3.63, 3.8) is 0 Å². The lowest BCUT2D eigenvalue weighted by Crippen LogP contribution is -2.11. The Hall–Kier alpha value is -1.14. The van der Waals surface area contributed by atoms with Gasteiger partial charge in [-0.2, -0.15) is 0 Å². The number of nitrogens with zero attached hydrogens (tertiary/aromatic N) is 1. The van der Waals surface area contributed by atoms with E-state index in [0.717, 1.165) is 12.8 Å². The lowest BCUT2D eigenvalue weighted by Gasteiger charge is -2.17. The van der Waals surface area contributed by atoms with Gasteiger partial charge >= 0.3 is 5.69 Å². The van der Waals surface area contributed by atoms with Crippen molar-refractivity contribution in [1.82, 2.24) is 0 Å². The van der Waals surface area contributed by atoms with Crippen molar-refractivity contribution in [2.45, 2.75) is 39.7 Å². The Labute approximate surface area is 127 Å². The summed E-state index contributed by atoms with van der Waals surface area (Å²) in [6, 6.07) is 3.04. The van der Waals surface area contributed by atoms with Gasteiger partial charge in [-0.15, -0.1) is 0 Å². The summed E-state index contributed by atoms with van der Waals surface area (Å²) in [7, 11) is 0. The Morgan fingerprint density at radius 2 is 2.10 bits per heavy atom. The number of rotatable bonds is 7. The molecule has 0 aliphatic rings. The molecule has 6 heteroatoms. The monoisotopic (exact) mass is 345 g/mol. The van der Waals surface area contributed by atoms with E-state index >= 15 is 0 Å². The van der Waals surface area contributed by atoms with Crippen LogP contribution in [0, 0.1) is 16.0 Å². The Morgan fingerprint density at radius 3 is 2.60 bits per heavy atom. The van der Waals surface area contributed by atoms with E-state index in [2.05, 4.69) is 22.9 Å². The van der Waals surface area contributed by atoms with Crippen LogP contribution in [0.5, 0.6) is 5.75 Å². The molecule has 0 heterocycles. The van der Waals surface area contributed by atoms with Crippen LogP contribution in [0.1, 0.15) is 45.3 Å². The summed E-state index contributed by atoms with van der Waals surface area (Å²) in [6.07, 6.45) is 1.20. The highest BCUT2D eigenvalue weighted by molar-refractivity contribution is 9.10. The molecule has 2 atom stereocenters. The highest BCUT2D eigenvalue weighted by Gasteiger charge is 2.23. The van der Waals surface area contributed by atoms with Crippen molar-refractivity contribution >= 4 is 21.6 Å². The molecule has 0 bridgehead atoms. The largest absolute Gasteiger partial charge is 0.486 e. The van der Waals surface area contributed by atoms with Crippen molar-refractivity contribution in [1.29, 1.82) is 0 Å². The topological polar surface area (TPSA) is 72.6 Å². The van der Waals surface area contributed by atoms with E-state index < -0.39 is 11.0 Å². The Bertz CT molecular complexity index is 476. The van der Waals surface area contributed by atoms with Gasteiger partial charge in [0.15, 0.2) is 0 Å². The van der Waals surface area contributed by atoms with E-state index in [-0.39, 0.29) is 11.4 Å². The van der Waals surface area contributed by atoms with Gasteiger partial charge in [0, 0.05) is 16.1 Å². The van der Waals surface area contributed by atoms with Gasteiger partial charge in [0.25, 0.3) is 0 Å². The molecule has 0 spiro atoms. The average molecular weight is 346 g/mol. The molecule has 0 saturated carbocycles. The molecule has 0 amide bonds. The maximum atomic E-state index is 11.1. The van der Waals surface area contributed by atoms with E-state index in [9.17, 15) is 15.2 Å². The van der Waals surface area contributed by atoms with Crippen molar-refractivity contribution in [2.24, 2.45) is 5.92 Å². The zero-order valence-electron chi connectivity index (χ0n) is 11.9. The number of ether oxygens (including phenoxy) is 1. The van der Waals surface area contributed by atoms with Crippen LogP contribution in [0.3, 0.4) is 0 Å². The second-order valence-corrected chi connectivity index (χ2v) is 5.90. The second kappa shape index (κ2) is 7.59. The van der Waals surface area contributed by atoms with Crippen LogP contribution in [0.4, 0.5) is 5.69 Å². The minimum absolute atomic E-state index is 0.126. The number of hydrogen-bond acceptors (Lipinski definition) is 4. The smallest absolute Gasteiger partial charge is 0.312 e. The van der Waals surface area contributed by atoms with Crippen molar-refractivity contribution in [3.8, 4) is 5.75 Å². The Morgan fingerprint density at radius 1 is 1.45 bits per heavy atom. The standard InChI is InChI=1S/C14H20BrNO4/c1-4-5-9(2)8-20-14-12(10(3)17)6-11(15)7-13(14)16(18)19/h6-7,9-10,17H,4-5,8H2,1-3H3/t9?,10-/m0/s1. The van der Waals surface area contributed by atoms with Crippen LogP contribution < -0.4 is 4.74 Å². The van der Waals surface area contributed by atoms with Gasteiger partial charge in [-0.3, -0.25) is 10.1 Å². The molecule has 0 aliphatic heterocycles. The molecule has 20 heavy (non-hydrogen) atoms. The predicted molar refractivity (Wildman–Crippen MR) is 81.0 cm³/mol. The zero-order valence-corrected chi connectivity index (χ0v) is 13.5. The van der Waals surface area contributed by atoms with Gasteiger partial charge in [0.2, 0.25) is 5.75 Å². The molecule has 1 aromatic carbocycles. The summed E-state index contributed by atoms with van der Waals surface area (Å²) in [5.41, 5.74) is 0.300. The number of nitro benzene ring substituents is 1. The Kier molecular flexibility index (Phi) is 6.42. The van der Waals surface area contributed by atoms with Crippen LogP contribution in [0.2, 0.25) is 0 Å². The number of benzene rings is 1. The van der Waals surface area contributed by atoms with Crippen LogP contribution in [0.15, 0.2) is 16.6 Å². The molecule has 0 radical (unpaired) electrons. The highest BCUT2D eigenvalue weighted by atomic mass is 79.9. The van der Waals surface area contributed by atoms with Gasteiger partial charge in [0.05, 0.1) is 17.6 Å². The van der Waals surface area contributed by atoms with Crippen LogP contribution >= 0.6 is 15.9 Å². The second-order valence-electron chi connectivity index (χ2n) is 4.98. The third-order valence-electron chi connectivity index (χ3n) is 3.00. The molecule has 1 unspecified atom stereocenters. The SMILES string of the molecule is CCCC(C)COc1c([C@H](C)O)cc(Br)cc1[N+](=O)[O-]. The first-order chi connectivity index (χ1) is 9.36. The number of nitro groups is 1. The third kappa shape index (κ3) is 4.45. The van der Waals surface area contributed by atoms with Gasteiger partial charge in [-0.1, -0.05) is 36.2 Å². The molecule has 1 aromatic rings. The van der Waals surface area contributed by atoms with Crippen LogP contribution in [-0.4, -0.2) is 16.6 Å². The zero-order chi connectivity index (χ0) is 15.3. The van der Waals surface area contributed by atoms with Gasteiger partial charge < -0.3 is 9.84 Å². The minimum Gasteiger partial charge on any atom is -0.486 e. The number of halogens is 1. The predicted octanol–water partition coefficient (Wildman–Crippen LogP) is 4.23. The number of aliphatic hydroxyl groups excluding tert-OH is 1. The lowest BCUT2D eigenvalue weighted by atomic mass is 10.1. The average Bonchev–Trinajstić information content (AvgIpc) is 2.36. The molecule has 112 valence electrons. The molecule has 0 fully saturated rings. The van der Waals surface area contributed by atoms with Crippen LogP contribution in [-0.2, 0) is 0 Å². The van der Waals surface area contributed by atoms with E-state index in [1.807, 2.05) is 6.92 Å². The molecule has 0 aromatic heterocycles. The van der Waals surface area contributed by atoms with Gasteiger partial charge in [-0.05, 0) is 25.3 Å². The van der Waals surface area contributed by atoms with E-state index in [0.29, 0.717) is 22.6 Å². The summed E-state index contributed by atoms with van der Waals surface area (Å²) in [6.45, 7) is 6.08. The molecule has 1 rings (SSSR count). The molecule has 0 saturated heterocycles. The highest BCUT2D eigenvalue weighted by Crippen LogP contribution is 2.38. The normalized spacial score (nSPS) is 13.8. The summed E-state index contributed by atoms with van der Waals surface area (Å²) >= 11 is 3.22. The molecule has 0 aliphatic carbocycles. The quantitative estimate of drug-likeness (QED) is 0.592. The van der Waals surface area contributed by atoms with Crippen LogP contribution in [0.25, 0.3) is 0 Å². The van der Waals surface area contributed by atoms with E-state index in [4.69, 9.17) is 4.74 Å². The van der Waals surface area contributed by atoms with Crippen molar-refractivity contribution < 1.29 is 14.8 Å². The fourth-order valence-corrected chi connectivity index (χ4v) is 2.47. The van der Waals surface area contributed by atoms with Gasteiger partial charge in [-0.25, -0.2) is 0 Å². The van der Waals surface area contributed by atoms with Crippen molar-refractivity contribution in [2.75, 3.05) is 6.61 Å². The Balaban J connectivity index is 3.10. The summed E-state index contributed by atoms with van der Waals surface area (Å²) in [4.78, 5) is 10.7. The van der Waals surface area contributed by atoms with E-state index in [1.165, 1.54) is 6.07 Å². The number of hydrogen-bond donors (Lipinski definition) is 1. The summed E-state index contributed by atoms with van der Waals surface area (Å²) in [5, 5.41) is 20.9. The summed E-state index contributed by atoms with van der Waals surface area (Å²) < 4.78 is 6.19. The maximum absolute atomic E-state index is 11.1. The number of aliphatic hydroxyl groups is 1. The lowest BCUT2D eigenvalue weighted by molar-refractivity contribution is -0.386. The van der Waals surface area contributed by atoms with Crippen molar-refractivity contribution in [3.05, 3.63) is 32.3 Å². The first kappa shape index (κ1) is 16.9. The maximum Gasteiger partial charge on any atom is 0.312 e. The fraction of sp³-hybridized carbons (Fsp3) is 0.571. The fourth-order valence-electron chi connectivity index (χ4n) is 2.00. The first-order valence-electron chi connectivity index (χ1n) is 6.65. The molecule has 5 nitrogen and oxygen atoms in total. The third-order valence-corrected chi connectivity index (χ3v) is 3.46. The molecule has 1 N–H and O–H groups in total. The first-order valence-corrected chi connectivity index (χ1v) is 7.44. The molecular formula is C14H20BrNO4. The minimum atomic E-state index is -0.831.